The number of hydrogen-bond acceptors (Lipinski definition) is 4. The Morgan fingerprint density at radius 1 is 1.18 bits per heavy atom. The maximum Gasteiger partial charge on any atom is 0.292 e. The third-order valence-corrected chi connectivity index (χ3v) is 4.01. The lowest BCUT2D eigenvalue weighted by Crippen LogP contribution is -2.21. The van der Waals surface area contributed by atoms with Crippen LogP contribution in [0.4, 0.5) is 11.4 Å². The Kier molecular flexibility index (Phi) is 5.51. The van der Waals surface area contributed by atoms with Crippen molar-refractivity contribution in [1.82, 2.24) is 0 Å². The third-order valence-electron chi connectivity index (χ3n) is 3.48. The van der Waals surface area contributed by atoms with E-state index in [4.69, 9.17) is 0 Å². The van der Waals surface area contributed by atoms with Crippen molar-refractivity contribution >= 4 is 27.3 Å². The number of nitrogens with zero attached hydrogens (tertiary/aromatic N) is 2. The van der Waals surface area contributed by atoms with E-state index in [1.165, 1.54) is 6.07 Å². The van der Waals surface area contributed by atoms with Gasteiger partial charge in [-0.15, -0.1) is 0 Å². The van der Waals surface area contributed by atoms with E-state index < -0.39 is 4.92 Å². The monoisotopic (exact) mass is 364 g/mol. The number of nitro groups is 1. The van der Waals surface area contributed by atoms with Crippen LogP contribution < -0.4 is 4.90 Å². The lowest BCUT2D eigenvalue weighted by atomic mass is 10.1. The van der Waals surface area contributed by atoms with Crippen molar-refractivity contribution in [3.8, 4) is 0 Å². The average molecular weight is 365 g/mol. The summed E-state index contributed by atoms with van der Waals surface area (Å²) in [6.45, 7) is 0.517. The summed E-state index contributed by atoms with van der Waals surface area (Å²) in [5.41, 5.74) is 2.40. The average Bonchev–Trinajstić information content (AvgIpc) is 2.53. The van der Waals surface area contributed by atoms with E-state index >= 15 is 0 Å². The molecule has 0 aliphatic rings. The first-order valence-corrected chi connectivity index (χ1v) is 7.64. The highest BCUT2D eigenvalue weighted by Crippen LogP contribution is 2.28. The number of nitro benzene ring substituents is 1. The van der Waals surface area contributed by atoms with Crippen LogP contribution in [0, 0.1) is 10.1 Å². The Morgan fingerprint density at radius 2 is 1.82 bits per heavy atom. The summed E-state index contributed by atoms with van der Waals surface area (Å²) in [5, 5.41) is 20.4. The van der Waals surface area contributed by atoms with E-state index in [-0.39, 0.29) is 12.3 Å². The van der Waals surface area contributed by atoms with Gasteiger partial charge in [0.05, 0.1) is 11.5 Å². The highest BCUT2D eigenvalue weighted by atomic mass is 79.9. The quantitative estimate of drug-likeness (QED) is 0.628. The molecule has 1 N–H and O–H groups in total. The van der Waals surface area contributed by atoms with Crippen LogP contribution in [-0.4, -0.2) is 23.6 Å². The Hall–Kier alpha value is -1.92. The molecule has 0 fully saturated rings. The topological polar surface area (TPSA) is 66.6 Å². The highest BCUT2D eigenvalue weighted by Gasteiger charge is 2.17. The van der Waals surface area contributed by atoms with Gasteiger partial charge in [0, 0.05) is 24.1 Å². The second kappa shape index (κ2) is 7.38. The summed E-state index contributed by atoms with van der Waals surface area (Å²) < 4.78 is 1.02. The van der Waals surface area contributed by atoms with Gasteiger partial charge in [0.2, 0.25) is 0 Å². The summed E-state index contributed by atoms with van der Waals surface area (Å²) in [6.07, 6.45) is 0.782. The number of benzene rings is 2. The Morgan fingerprint density at radius 3 is 2.41 bits per heavy atom. The van der Waals surface area contributed by atoms with Crippen LogP contribution in [0.1, 0.15) is 11.1 Å². The van der Waals surface area contributed by atoms with Gasteiger partial charge < -0.3 is 10.0 Å². The minimum atomic E-state index is -0.396. The van der Waals surface area contributed by atoms with Gasteiger partial charge in [-0.3, -0.25) is 10.1 Å². The Labute approximate surface area is 137 Å². The molecule has 0 aliphatic heterocycles. The molecule has 2 rings (SSSR count). The summed E-state index contributed by atoms with van der Waals surface area (Å²) in [6, 6.07) is 12.7. The van der Waals surface area contributed by atoms with Crippen molar-refractivity contribution in [3.05, 3.63) is 68.2 Å². The zero-order chi connectivity index (χ0) is 16.1. The van der Waals surface area contributed by atoms with Gasteiger partial charge in [0.15, 0.2) is 0 Å². The molecule has 116 valence electrons. The maximum absolute atomic E-state index is 11.1. The summed E-state index contributed by atoms with van der Waals surface area (Å²) in [4.78, 5) is 12.6. The summed E-state index contributed by atoms with van der Waals surface area (Å²) >= 11 is 3.39. The molecule has 0 heterocycles. The van der Waals surface area contributed by atoms with Gasteiger partial charge in [0.1, 0.15) is 5.69 Å². The van der Waals surface area contributed by atoms with Crippen LogP contribution in [0.3, 0.4) is 0 Å². The highest BCUT2D eigenvalue weighted by molar-refractivity contribution is 9.10. The first-order chi connectivity index (χ1) is 10.5. The van der Waals surface area contributed by atoms with Crippen molar-refractivity contribution in [1.29, 1.82) is 0 Å². The predicted octanol–water partition coefficient (Wildman–Crippen LogP) is 3.53. The number of anilines is 1. The first kappa shape index (κ1) is 16.5. The van der Waals surface area contributed by atoms with Crippen LogP contribution in [0.5, 0.6) is 0 Å². The fraction of sp³-hybridized carbons (Fsp3) is 0.250. The minimum absolute atomic E-state index is 0.0514. The standard InChI is InChI=1S/C16H17BrN2O3/c1-18(9-8-12-2-5-14(17)6-3-12)16-10-13(11-20)4-7-15(16)19(21)22/h2-7,10,20H,8-9,11H2,1H3. The van der Waals surface area contributed by atoms with Crippen molar-refractivity contribution in [2.75, 3.05) is 18.5 Å². The molecular formula is C16H17BrN2O3. The second-order valence-corrected chi connectivity index (χ2v) is 5.95. The van der Waals surface area contributed by atoms with E-state index in [2.05, 4.69) is 15.9 Å². The van der Waals surface area contributed by atoms with Crippen LogP contribution in [-0.2, 0) is 13.0 Å². The molecule has 2 aromatic rings. The van der Waals surface area contributed by atoms with E-state index in [0.717, 1.165) is 16.5 Å². The molecule has 0 aliphatic carbocycles. The summed E-state index contributed by atoms with van der Waals surface area (Å²) in [7, 11) is 1.82. The predicted molar refractivity (Wildman–Crippen MR) is 90.1 cm³/mol. The Balaban J connectivity index is 2.15. The van der Waals surface area contributed by atoms with Crippen molar-refractivity contribution in [2.24, 2.45) is 0 Å². The molecule has 22 heavy (non-hydrogen) atoms. The second-order valence-electron chi connectivity index (χ2n) is 5.04. The molecule has 0 radical (unpaired) electrons. The van der Waals surface area contributed by atoms with E-state index in [1.807, 2.05) is 36.2 Å². The van der Waals surface area contributed by atoms with Crippen LogP contribution in [0.15, 0.2) is 46.9 Å². The molecule has 0 amide bonds. The molecule has 0 unspecified atom stereocenters. The SMILES string of the molecule is CN(CCc1ccc(Br)cc1)c1cc(CO)ccc1[N+](=O)[O-]. The molecular weight excluding hydrogens is 348 g/mol. The smallest absolute Gasteiger partial charge is 0.292 e. The molecule has 0 aromatic heterocycles. The number of likely N-dealkylation sites (N-methyl/N-ethyl adjacent to an activating group) is 1. The fourth-order valence-corrected chi connectivity index (χ4v) is 2.46. The van der Waals surface area contributed by atoms with Crippen molar-refractivity contribution < 1.29 is 10.0 Å². The van der Waals surface area contributed by atoms with Gasteiger partial charge in [-0.2, -0.15) is 0 Å². The zero-order valence-electron chi connectivity index (χ0n) is 12.2. The molecule has 0 spiro atoms. The Bertz CT molecular complexity index is 659. The molecule has 6 heteroatoms. The van der Waals surface area contributed by atoms with Crippen molar-refractivity contribution in [3.63, 3.8) is 0 Å². The normalized spacial score (nSPS) is 10.5. The molecule has 0 bridgehead atoms. The van der Waals surface area contributed by atoms with Crippen LogP contribution in [0.25, 0.3) is 0 Å². The number of aliphatic hydroxyl groups is 1. The molecule has 0 saturated heterocycles. The minimum Gasteiger partial charge on any atom is -0.392 e. The molecule has 5 nitrogen and oxygen atoms in total. The van der Waals surface area contributed by atoms with Gasteiger partial charge in [-0.25, -0.2) is 0 Å². The summed E-state index contributed by atoms with van der Waals surface area (Å²) in [5.74, 6) is 0. The fourth-order valence-electron chi connectivity index (χ4n) is 2.20. The number of hydrogen-bond donors (Lipinski definition) is 1. The lowest BCUT2D eigenvalue weighted by molar-refractivity contribution is -0.384. The largest absolute Gasteiger partial charge is 0.392 e. The van der Waals surface area contributed by atoms with E-state index in [9.17, 15) is 15.2 Å². The molecule has 0 saturated carbocycles. The number of aliphatic hydroxyl groups excluding tert-OH is 1. The zero-order valence-corrected chi connectivity index (χ0v) is 13.8. The number of rotatable bonds is 6. The van der Waals surface area contributed by atoms with Gasteiger partial charge in [-0.05, 0) is 41.8 Å². The van der Waals surface area contributed by atoms with Gasteiger partial charge in [-0.1, -0.05) is 28.1 Å². The van der Waals surface area contributed by atoms with E-state index in [0.29, 0.717) is 17.8 Å². The van der Waals surface area contributed by atoms with Crippen LogP contribution >= 0.6 is 15.9 Å². The maximum atomic E-state index is 11.1. The van der Waals surface area contributed by atoms with E-state index in [1.54, 1.807) is 12.1 Å². The molecule has 2 aromatic carbocycles. The van der Waals surface area contributed by atoms with Gasteiger partial charge in [0.25, 0.3) is 5.69 Å². The van der Waals surface area contributed by atoms with Crippen molar-refractivity contribution in [2.45, 2.75) is 13.0 Å². The third kappa shape index (κ3) is 4.05. The first-order valence-electron chi connectivity index (χ1n) is 6.85. The number of halogens is 1. The van der Waals surface area contributed by atoms with Gasteiger partial charge >= 0.3 is 0 Å². The lowest BCUT2D eigenvalue weighted by Gasteiger charge is -2.20. The molecule has 0 atom stereocenters. The van der Waals surface area contributed by atoms with Crippen LogP contribution in [0.2, 0.25) is 0 Å².